The second-order valence-corrected chi connectivity index (χ2v) is 3.66. The lowest BCUT2D eigenvalue weighted by molar-refractivity contribution is 0.178. The standard InChI is InChI=1S/C10H19N5O/c1-5-11-9-13-8(6-16-4)14-10(15-9)12-7(2)3/h7H,5-6H2,1-4H3,(H2,11,12,13,14,15). The largest absolute Gasteiger partial charge is 0.377 e. The van der Waals surface area contributed by atoms with Crippen LogP contribution in [-0.2, 0) is 11.3 Å². The van der Waals surface area contributed by atoms with Crippen LogP contribution in [0.5, 0.6) is 0 Å². The first kappa shape index (κ1) is 12.6. The van der Waals surface area contributed by atoms with Crippen LogP contribution in [0.25, 0.3) is 0 Å². The Kier molecular flexibility index (Phi) is 4.91. The van der Waals surface area contributed by atoms with E-state index in [1.807, 2.05) is 20.8 Å². The van der Waals surface area contributed by atoms with Crippen LogP contribution in [0.1, 0.15) is 26.6 Å². The van der Waals surface area contributed by atoms with Gasteiger partial charge in [0.15, 0.2) is 5.82 Å². The number of nitrogens with one attached hydrogen (secondary N) is 2. The Hall–Kier alpha value is -1.43. The number of rotatable bonds is 6. The third kappa shape index (κ3) is 3.98. The van der Waals surface area contributed by atoms with Gasteiger partial charge in [-0.1, -0.05) is 0 Å². The molecule has 90 valence electrons. The third-order valence-corrected chi connectivity index (χ3v) is 1.71. The van der Waals surface area contributed by atoms with Crippen LogP contribution >= 0.6 is 0 Å². The van der Waals surface area contributed by atoms with Crippen LogP contribution in [0, 0.1) is 0 Å². The summed E-state index contributed by atoms with van der Waals surface area (Å²) in [6.07, 6.45) is 0. The molecule has 0 aliphatic heterocycles. The molecule has 0 saturated heterocycles. The molecule has 1 rings (SSSR count). The molecule has 0 aliphatic carbocycles. The number of anilines is 2. The fourth-order valence-electron chi connectivity index (χ4n) is 1.17. The molecule has 2 N–H and O–H groups in total. The minimum Gasteiger partial charge on any atom is -0.377 e. The van der Waals surface area contributed by atoms with Gasteiger partial charge in [0.05, 0.1) is 0 Å². The smallest absolute Gasteiger partial charge is 0.228 e. The van der Waals surface area contributed by atoms with Crippen LogP contribution in [0.15, 0.2) is 0 Å². The molecule has 0 amide bonds. The molecule has 1 aromatic rings. The van der Waals surface area contributed by atoms with Crippen LogP contribution in [0.4, 0.5) is 11.9 Å². The molecule has 0 spiro atoms. The highest BCUT2D eigenvalue weighted by molar-refractivity contribution is 5.34. The summed E-state index contributed by atoms with van der Waals surface area (Å²) in [6, 6.07) is 0.285. The van der Waals surface area contributed by atoms with E-state index in [9.17, 15) is 0 Å². The second kappa shape index (κ2) is 6.22. The van der Waals surface area contributed by atoms with Gasteiger partial charge in [-0.25, -0.2) is 0 Å². The highest BCUT2D eigenvalue weighted by atomic mass is 16.5. The molecule has 1 aromatic heterocycles. The predicted molar refractivity (Wildman–Crippen MR) is 63.5 cm³/mol. The summed E-state index contributed by atoms with van der Waals surface area (Å²) in [5, 5.41) is 6.21. The maximum atomic E-state index is 5.01. The number of hydrogen-bond donors (Lipinski definition) is 2. The van der Waals surface area contributed by atoms with Crippen LogP contribution < -0.4 is 10.6 Å². The summed E-state index contributed by atoms with van der Waals surface area (Å²) < 4.78 is 5.01. The number of methoxy groups -OCH3 is 1. The van der Waals surface area contributed by atoms with E-state index in [1.165, 1.54) is 0 Å². The van der Waals surface area contributed by atoms with Crippen molar-refractivity contribution in [3.8, 4) is 0 Å². The van der Waals surface area contributed by atoms with Gasteiger partial charge in [-0.3, -0.25) is 0 Å². The predicted octanol–water partition coefficient (Wildman–Crippen LogP) is 1.27. The lowest BCUT2D eigenvalue weighted by Gasteiger charge is -2.11. The van der Waals surface area contributed by atoms with Crippen LogP contribution in [-0.4, -0.2) is 34.6 Å². The zero-order valence-electron chi connectivity index (χ0n) is 10.2. The lowest BCUT2D eigenvalue weighted by atomic mass is 10.4. The first-order chi connectivity index (χ1) is 7.65. The molecular weight excluding hydrogens is 206 g/mol. The van der Waals surface area contributed by atoms with Crippen molar-refractivity contribution in [2.75, 3.05) is 24.3 Å². The van der Waals surface area contributed by atoms with Crippen LogP contribution in [0.3, 0.4) is 0 Å². The third-order valence-electron chi connectivity index (χ3n) is 1.71. The molecule has 0 radical (unpaired) electrons. The second-order valence-electron chi connectivity index (χ2n) is 3.66. The van der Waals surface area contributed by atoms with Crippen molar-refractivity contribution >= 4 is 11.9 Å². The van der Waals surface area contributed by atoms with Gasteiger partial charge in [0.25, 0.3) is 0 Å². The maximum absolute atomic E-state index is 5.01. The molecular formula is C10H19N5O. The molecule has 6 heteroatoms. The summed E-state index contributed by atoms with van der Waals surface area (Å²) >= 11 is 0. The van der Waals surface area contributed by atoms with Crippen molar-refractivity contribution < 1.29 is 4.74 Å². The Bertz CT molecular complexity index is 305. The minimum absolute atomic E-state index is 0.285. The van der Waals surface area contributed by atoms with Crippen molar-refractivity contribution in [2.24, 2.45) is 0 Å². The van der Waals surface area contributed by atoms with E-state index in [1.54, 1.807) is 7.11 Å². The van der Waals surface area contributed by atoms with Gasteiger partial charge in [0, 0.05) is 19.7 Å². The van der Waals surface area contributed by atoms with E-state index in [0.29, 0.717) is 24.3 Å². The summed E-state index contributed by atoms with van der Waals surface area (Å²) in [6.45, 7) is 7.22. The zero-order valence-corrected chi connectivity index (χ0v) is 10.2. The SMILES string of the molecule is CCNc1nc(COC)nc(NC(C)C)n1. The summed E-state index contributed by atoms with van der Waals surface area (Å²) in [7, 11) is 1.62. The first-order valence-electron chi connectivity index (χ1n) is 5.40. The van der Waals surface area contributed by atoms with E-state index >= 15 is 0 Å². The van der Waals surface area contributed by atoms with E-state index in [2.05, 4.69) is 25.6 Å². The highest BCUT2D eigenvalue weighted by Crippen LogP contribution is 2.07. The Morgan fingerprint density at radius 2 is 1.88 bits per heavy atom. The zero-order chi connectivity index (χ0) is 12.0. The Morgan fingerprint density at radius 3 is 2.44 bits per heavy atom. The molecule has 0 saturated carbocycles. The van der Waals surface area contributed by atoms with E-state index in [0.717, 1.165) is 6.54 Å². The first-order valence-corrected chi connectivity index (χ1v) is 5.40. The van der Waals surface area contributed by atoms with Gasteiger partial charge in [-0.2, -0.15) is 15.0 Å². The minimum atomic E-state index is 0.285. The average Bonchev–Trinajstić information content (AvgIpc) is 2.17. The number of hydrogen-bond acceptors (Lipinski definition) is 6. The summed E-state index contributed by atoms with van der Waals surface area (Å²) in [5.74, 6) is 1.78. The molecule has 0 fully saturated rings. The Morgan fingerprint density at radius 1 is 1.19 bits per heavy atom. The van der Waals surface area contributed by atoms with Crippen molar-refractivity contribution in [1.29, 1.82) is 0 Å². The van der Waals surface area contributed by atoms with E-state index < -0.39 is 0 Å². The summed E-state index contributed by atoms with van der Waals surface area (Å²) in [4.78, 5) is 12.7. The fraction of sp³-hybridized carbons (Fsp3) is 0.700. The molecule has 1 heterocycles. The topological polar surface area (TPSA) is 72.0 Å². The lowest BCUT2D eigenvalue weighted by Crippen LogP contribution is -2.16. The summed E-state index contributed by atoms with van der Waals surface area (Å²) in [5.41, 5.74) is 0. The van der Waals surface area contributed by atoms with Gasteiger partial charge in [0.2, 0.25) is 11.9 Å². The Balaban J connectivity index is 2.88. The monoisotopic (exact) mass is 225 g/mol. The molecule has 6 nitrogen and oxygen atoms in total. The molecule has 0 aliphatic rings. The van der Waals surface area contributed by atoms with Crippen molar-refractivity contribution in [3.05, 3.63) is 5.82 Å². The van der Waals surface area contributed by atoms with Gasteiger partial charge in [-0.05, 0) is 20.8 Å². The normalized spacial score (nSPS) is 10.6. The van der Waals surface area contributed by atoms with Gasteiger partial charge < -0.3 is 15.4 Å². The number of ether oxygens (including phenoxy) is 1. The van der Waals surface area contributed by atoms with Gasteiger partial charge >= 0.3 is 0 Å². The molecule has 16 heavy (non-hydrogen) atoms. The molecule has 0 aromatic carbocycles. The molecule has 0 atom stereocenters. The van der Waals surface area contributed by atoms with E-state index in [4.69, 9.17) is 4.74 Å². The van der Waals surface area contributed by atoms with E-state index in [-0.39, 0.29) is 6.04 Å². The quantitative estimate of drug-likeness (QED) is 0.759. The highest BCUT2D eigenvalue weighted by Gasteiger charge is 2.06. The van der Waals surface area contributed by atoms with Crippen molar-refractivity contribution in [2.45, 2.75) is 33.4 Å². The average molecular weight is 225 g/mol. The molecule has 0 bridgehead atoms. The Labute approximate surface area is 95.9 Å². The fourth-order valence-corrected chi connectivity index (χ4v) is 1.17. The number of aromatic nitrogens is 3. The van der Waals surface area contributed by atoms with Gasteiger partial charge in [-0.15, -0.1) is 0 Å². The maximum Gasteiger partial charge on any atom is 0.228 e. The molecule has 0 unspecified atom stereocenters. The van der Waals surface area contributed by atoms with Crippen LogP contribution in [0.2, 0.25) is 0 Å². The number of nitrogens with zero attached hydrogens (tertiary/aromatic N) is 3. The van der Waals surface area contributed by atoms with Crippen molar-refractivity contribution in [1.82, 2.24) is 15.0 Å². The van der Waals surface area contributed by atoms with Crippen molar-refractivity contribution in [3.63, 3.8) is 0 Å². The van der Waals surface area contributed by atoms with Gasteiger partial charge in [0.1, 0.15) is 6.61 Å².